The first-order valence-corrected chi connectivity index (χ1v) is 10.2. The molecule has 2 aliphatic carbocycles. The molecule has 1 amide bonds. The Hall–Kier alpha value is -1.52. The van der Waals surface area contributed by atoms with Crippen molar-refractivity contribution in [1.82, 2.24) is 15.5 Å². The third kappa shape index (κ3) is 5.23. The molecule has 1 saturated carbocycles. The lowest BCUT2D eigenvalue weighted by atomic mass is 9.88. The van der Waals surface area contributed by atoms with Crippen LogP contribution in [0, 0.1) is 11.8 Å². The van der Waals surface area contributed by atoms with Gasteiger partial charge in [-0.2, -0.15) is 0 Å². The predicted octanol–water partition coefficient (Wildman–Crippen LogP) is 2.69. The number of guanidine groups is 1. The molecule has 0 aromatic heterocycles. The fourth-order valence-electron chi connectivity index (χ4n) is 4.36. The second-order valence-electron chi connectivity index (χ2n) is 7.85. The average molecular weight is 347 g/mol. The zero-order valence-corrected chi connectivity index (χ0v) is 15.7. The molecule has 2 atom stereocenters. The van der Waals surface area contributed by atoms with Gasteiger partial charge in [0.05, 0.1) is 0 Å². The first-order chi connectivity index (χ1) is 12.3. The van der Waals surface area contributed by atoms with Gasteiger partial charge in [0.15, 0.2) is 5.96 Å². The van der Waals surface area contributed by atoms with E-state index in [1.165, 1.54) is 32.1 Å². The lowest BCUT2D eigenvalue weighted by Crippen LogP contribution is -2.46. The van der Waals surface area contributed by atoms with Crippen LogP contribution in [0.1, 0.15) is 57.8 Å². The standard InChI is InChI=1S/C20H34N4O/c1-21-20(22-14-16-8-4-2-5-9-16)23-18-12-13-24(15-18)19(25)17-10-6-3-7-11-17/h2,4,16-18H,3,5-15H2,1H3,(H2,21,22,23). The van der Waals surface area contributed by atoms with Gasteiger partial charge in [-0.3, -0.25) is 9.79 Å². The summed E-state index contributed by atoms with van der Waals surface area (Å²) in [4.78, 5) is 19.1. The number of carbonyl (C=O) groups is 1. The molecule has 5 nitrogen and oxygen atoms in total. The molecular formula is C20H34N4O. The van der Waals surface area contributed by atoms with Crippen LogP contribution in [0.4, 0.5) is 0 Å². The van der Waals surface area contributed by atoms with E-state index in [-0.39, 0.29) is 5.92 Å². The molecule has 1 heterocycles. The highest BCUT2D eigenvalue weighted by atomic mass is 16.2. The van der Waals surface area contributed by atoms with Crippen LogP contribution >= 0.6 is 0 Å². The number of allylic oxidation sites excluding steroid dienone is 2. The van der Waals surface area contributed by atoms with Gasteiger partial charge in [-0.1, -0.05) is 31.4 Å². The summed E-state index contributed by atoms with van der Waals surface area (Å²) in [5.41, 5.74) is 0. The summed E-state index contributed by atoms with van der Waals surface area (Å²) in [5.74, 6) is 2.26. The van der Waals surface area contributed by atoms with Gasteiger partial charge in [-0.25, -0.2) is 0 Å². The Morgan fingerprint density at radius 2 is 2.00 bits per heavy atom. The number of amides is 1. The van der Waals surface area contributed by atoms with Crippen molar-refractivity contribution < 1.29 is 4.79 Å². The third-order valence-corrected chi connectivity index (χ3v) is 5.95. The van der Waals surface area contributed by atoms with Gasteiger partial charge in [0.1, 0.15) is 0 Å². The Morgan fingerprint density at radius 3 is 2.72 bits per heavy atom. The van der Waals surface area contributed by atoms with E-state index in [2.05, 4.69) is 32.7 Å². The van der Waals surface area contributed by atoms with Gasteiger partial charge in [0, 0.05) is 38.6 Å². The Morgan fingerprint density at radius 1 is 1.16 bits per heavy atom. The van der Waals surface area contributed by atoms with Crippen LogP contribution in [0.15, 0.2) is 17.1 Å². The summed E-state index contributed by atoms with van der Waals surface area (Å²) < 4.78 is 0. The molecule has 25 heavy (non-hydrogen) atoms. The van der Waals surface area contributed by atoms with E-state index in [0.29, 0.717) is 17.9 Å². The Balaban J connectivity index is 1.41. The molecule has 2 N–H and O–H groups in total. The van der Waals surface area contributed by atoms with Crippen molar-refractivity contribution in [2.45, 2.75) is 63.8 Å². The molecule has 2 fully saturated rings. The predicted molar refractivity (Wildman–Crippen MR) is 103 cm³/mol. The van der Waals surface area contributed by atoms with E-state index < -0.39 is 0 Å². The molecule has 1 aliphatic heterocycles. The molecule has 3 rings (SSSR count). The fourth-order valence-corrected chi connectivity index (χ4v) is 4.36. The minimum absolute atomic E-state index is 0.282. The molecule has 1 saturated heterocycles. The minimum atomic E-state index is 0.282. The number of nitrogens with one attached hydrogen (secondary N) is 2. The lowest BCUT2D eigenvalue weighted by Gasteiger charge is -2.26. The maximum absolute atomic E-state index is 12.7. The van der Waals surface area contributed by atoms with Crippen LogP contribution in [0.2, 0.25) is 0 Å². The van der Waals surface area contributed by atoms with Crippen LogP contribution < -0.4 is 10.6 Å². The number of hydrogen-bond acceptors (Lipinski definition) is 2. The van der Waals surface area contributed by atoms with Crippen molar-refractivity contribution in [3.63, 3.8) is 0 Å². The van der Waals surface area contributed by atoms with Crippen LogP contribution in [0.3, 0.4) is 0 Å². The molecule has 0 aromatic rings. The zero-order chi connectivity index (χ0) is 17.5. The first kappa shape index (κ1) is 18.3. The summed E-state index contributed by atoms with van der Waals surface area (Å²) in [5, 5.41) is 6.99. The molecule has 5 heteroatoms. The second kappa shape index (κ2) is 9.25. The quantitative estimate of drug-likeness (QED) is 0.467. The molecule has 3 aliphatic rings. The summed E-state index contributed by atoms with van der Waals surface area (Å²) in [6, 6.07) is 0.324. The monoisotopic (exact) mass is 346 g/mol. The van der Waals surface area contributed by atoms with Crippen molar-refractivity contribution in [3.05, 3.63) is 12.2 Å². The van der Waals surface area contributed by atoms with Crippen LogP contribution in [-0.2, 0) is 4.79 Å². The van der Waals surface area contributed by atoms with Crippen molar-refractivity contribution in [3.8, 4) is 0 Å². The third-order valence-electron chi connectivity index (χ3n) is 5.95. The highest BCUT2D eigenvalue weighted by Crippen LogP contribution is 2.26. The molecule has 140 valence electrons. The number of rotatable bonds is 4. The molecular weight excluding hydrogens is 312 g/mol. The minimum Gasteiger partial charge on any atom is -0.356 e. The van der Waals surface area contributed by atoms with Crippen molar-refractivity contribution in [2.24, 2.45) is 16.8 Å². The van der Waals surface area contributed by atoms with Crippen molar-refractivity contribution in [2.75, 3.05) is 26.7 Å². The summed E-state index contributed by atoms with van der Waals surface area (Å²) in [7, 11) is 1.83. The average Bonchev–Trinajstić information content (AvgIpc) is 3.14. The largest absolute Gasteiger partial charge is 0.356 e. The smallest absolute Gasteiger partial charge is 0.225 e. The number of hydrogen-bond donors (Lipinski definition) is 2. The Labute approximate surface area is 152 Å². The van der Waals surface area contributed by atoms with E-state index in [0.717, 1.165) is 51.3 Å². The molecule has 0 radical (unpaired) electrons. The Bertz CT molecular complexity index is 496. The van der Waals surface area contributed by atoms with Gasteiger partial charge in [0.25, 0.3) is 0 Å². The summed E-state index contributed by atoms with van der Waals surface area (Å²) in [6.45, 7) is 2.68. The highest BCUT2D eigenvalue weighted by molar-refractivity contribution is 5.81. The molecule has 2 unspecified atom stereocenters. The van der Waals surface area contributed by atoms with E-state index in [9.17, 15) is 4.79 Å². The van der Waals surface area contributed by atoms with E-state index in [4.69, 9.17) is 0 Å². The molecule has 0 aromatic carbocycles. The van der Waals surface area contributed by atoms with Crippen molar-refractivity contribution in [1.29, 1.82) is 0 Å². The van der Waals surface area contributed by atoms with Crippen LogP contribution in [0.25, 0.3) is 0 Å². The lowest BCUT2D eigenvalue weighted by molar-refractivity contribution is -0.135. The van der Waals surface area contributed by atoms with Gasteiger partial charge >= 0.3 is 0 Å². The first-order valence-electron chi connectivity index (χ1n) is 10.2. The number of carbonyl (C=O) groups excluding carboxylic acids is 1. The maximum Gasteiger partial charge on any atom is 0.225 e. The SMILES string of the molecule is CN=C(NCC1CC=CCC1)NC1CCN(C(=O)C2CCCCC2)C1. The molecule has 0 bridgehead atoms. The normalized spacial score (nSPS) is 28.2. The van der Waals surface area contributed by atoms with Gasteiger partial charge in [-0.15, -0.1) is 0 Å². The van der Waals surface area contributed by atoms with E-state index in [1.54, 1.807) is 0 Å². The van der Waals surface area contributed by atoms with E-state index >= 15 is 0 Å². The van der Waals surface area contributed by atoms with E-state index in [1.807, 2.05) is 7.05 Å². The second-order valence-corrected chi connectivity index (χ2v) is 7.85. The fraction of sp³-hybridized carbons (Fsp3) is 0.800. The number of aliphatic imine (C=N–C) groups is 1. The van der Waals surface area contributed by atoms with Gasteiger partial charge < -0.3 is 15.5 Å². The number of likely N-dealkylation sites (tertiary alicyclic amines) is 1. The Kier molecular flexibility index (Phi) is 6.76. The zero-order valence-electron chi connectivity index (χ0n) is 15.7. The number of nitrogens with zero attached hydrogens (tertiary/aromatic N) is 2. The summed E-state index contributed by atoms with van der Waals surface area (Å²) in [6.07, 6.45) is 15.1. The topological polar surface area (TPSA) is 56.7 Å². The molecule has 0 spiro atoms. The van der Waals surface area contributed by atoms with Crippen LogP contribution in [-0.4, -0.2) is 49.5 Å². The highest BCUT2D eigenvalue weighted by Gasteiger charge is 2.31. The van der Waals surface area contributed by atoms with Gasteiger partial charge in [0.2, 0.25) is 5.91 Å². The van der Waals surface area contributed by atoms with Crippen LogP contribution in [0.5, 0.6) is 0 Å². The van der Waals surface area contributed by atoms with Crippen molar-refractivity contribution >= 4 is 11.9 Å². The summed E-state index contributed by atoms with van der Waals surface area (Å²) >= 11 is 0. The maximum atomic E-state index is 12.7. The van der Waals surface area contributed by atoms with Gasteiger partial charge in [-0.05, 0) is 44.4 Å².